The number of anilines is 1. The lowest BCUT2D eigenvalue weighted by Crippen LogP contribution is -2.28. The Hall–Kier alpha value is -1.30. The second-order valence-electron chi connectivity index (χ2n) is 5.44. The Morgan fingerprint density at radius 3 is 2.77 bits per heavy atom. The average molecular weight is 329 g/mol. The van der Waals surface area contributed by atoms with Gasteiger partial charge in [0.05, 0.1) is 12.3 Å². The molecule has 0 aliphatic heterocycles. The molecular weight excluding hydrogens is 304 g/mol. The van der Waals surface area contributed by atoms with Crippen molar-refractivity contribution in [2.45, 2.75) is 31.7 Å². The van der Waals surface area contributed by atoms with Crippen molar-refractivity contribution in [1.82, 2.24) is 0 Å². The molecule has 3 N–H and O–H groups in total. The fourth-order valence-electron chi connectivity index (χ4n) is 2.69. The molecule has 0 heterocycles. The molecule has 0 spiro atoms. The highest BCUT2D eigenvalue weighted by molar-refractivity contribution is 5.92. The minimum atomic E-state index is 0. The molecular formula is C16H25ClN2O3. The second-order valence-corrected chi connectivity index (χ2v) is 5.44. The van der Waals surface area contributed by atoms with Crippen molar-refractivity contribution in [2.24, 2.45) is 11.7 Å². The number of hydrogen-bond donors (Lipinski definition) is 2. The van der Waals surface area contributed by atoms with Gasteiger partial charge in [-0.1, -0.05) is 18.6 Å². The third kappa shape index (κ3) is 5.48. The molecule has 1 aliphatic rings. The highest BCUT2D eigenvalue weighted by atomic mass is 35.5. The molecule has 0 unspecified atom stereocenters. The van der Waals surface area contributed by atoms with E-state index in [4.69, 9.17) is 15.2 Å². The largest absolute Gasteiger partial charge is 0.489 e. The average Bonchev–Trinajstić information content (AvgIpc) is 2.86. The highest BCUT2D eigenvalue weighted by Crippen LogP contribution is 2.28. The van der Waals surface area contributed by atoms with Gasteiger partial charge in [-0.3, -0.25) is 4.79 Å². The Bertz CT molecular complexity index is 470. The summed E-state index contributed by atoms with van der Waals surface area (Å²) in [5, 5.41) is 2.92. The predicted molar refractivity (Wildman–Crippen MR) is 89.6 cm³/mol. The number of hydrogen-bond acceptors (Lipinski definition) is 4. The summed E-state index contributed by atoms with van der Waals surface area (Å²) < 4.78 is 10.6. The Kier molecular flexibility index (Phi) is 8.24. The number of methoxy groups -OCH3 is 1. The van der Waals surface area contributed by atoms with Gasteiger partial charge in [0, 0.05) is 19.6 Å². The molecule has 1 saturated carbocycles. The molecule has 1 fully saturated rings. The van der Waals surface area contributed by atoms with Gasteiger partial charge >= 0.3 is 0 Å². The number of ether oxygens (including phenoxy) is 2. The van der Waals surface area contributed by atoms with Crippen molar-refractivity contribution in [3.05, 3.63) is 24.3 Å². The smallest absolute Gasteiger partial charge is 0.224 e. The first-order valence-corrected chi connectivity index (χ1v) is 7.47. The monoisotopic (exact) mass is 328 g/mol. The molecule has 0 radical (unpaired) electrons. The van der Waals surface area contributed by atoms with Crippen LogP contribution in [0.4, 0.5) is 5.69 Å². The lowest BCUT2D eigenvalue weighted by atomic mass is 10.00. The number of nitrogens with one attached hydrogen (secondary N) is 1. The maximum atomic E-state index is 12.1. The topological polar surface area (TPSA) is 73.6 Å². The third-order valence-corrected chi connectivity index (χ3v) is 3.87. The van der Waals surface area contributed by atoms with E-state index in [0.717, 1.165) is 19.3 Å². The molecule has 2 atom stereocenters. The van der Waals surface area contributed by atoms with E-state index in [1.807, 2.05) is 24.3 Å². The minimum absolute atomic E-state index is 0. The summed E-state index contributed by atoms with van der Waals surface area (Å²) in [6.45, 7) is 0.968. The number of para-hydroxylation sites is 2. The minimum Gasteiger partial charge on any atom is -0.489 e. The van der Waals surface area contributed by atoms with Crippen LogP contribution in [0.3, 0.4) is 0 Å². The van der Waals surface area contributed by atoms with Crippen molar-refractivity contribution in [2.75, 3.05) is 25.6 Å². The summed E-state index contributed by atoms with van der Waals surface area (Å²) in [4.78, 5) is 12.1. The lowest BCUT2D eigenvalue weighted by molar-refractivity contribution is -0.117. The molecule has 0 bridgehead atoms. The van der Waals surface area contributed by atoms with E-state index in [1.165, 1.54) is 0 Å². The van der Waals surface area contributed by atoms with E-state index < -0.39 is 0 Å². The standard InChI is InChI=1S/C16H24N2O3.ClH/c1-20-9-10-21-15-8-3-2-7-14(15)18-16(19)11-12-5-4-6-13(12)17;/h2-3,7-8,12-13H,4-6,9-11,17H2,1H3,(H,18,19);1H/t12-,13+;/m0./s1. The molecule has 2 rings (SSSR count). The molecule has 124 valence electrons. The van der Waals surface area contributed by atoms with Crippen LogP contribution in [-0.2, 0) is 9.53 Å². The van der Waals surface area contributed by atoms with Crippen LogP contribution in [0, 0.1) is 5.92 Å². The van der Waals surface area contributed by atoms with Crippen LogP contribution >= 0.6 is 12.4 Å². The van der Waals surface area contributed by atoms with Crippen LogP contribution in [0.15, 0.2) is 24.3 Å². The Morgan fingerprint density at radius 1 is 1.32 bits per heavy atom. The molecule has 1 aromatic rings. The summed E-state index contributed by atoms with van der Waals surface area (Å²) in [7, 11) is 1.63. The van der Waals surface area contributed by atoms with E-state index in [9.17, 15) is 4.79 Å². The number of rotatable bonds is 7. The fourth-order valence-corrected chi connectivity index (χ4v) is 2.69. The molecule has 1 aromatic carbocycles. The third-order valence-electron chi connectivity index (χ3n) is 3.87. The van der Waals surface area contributed by atoms with Crippen molar-refractivity contribution >= 4 is 24.0 Å². The van der Waals surface area contributed by atoms with E-state index in [-0.39, 0.29) is 24.4 Å². The van der Waals surface area contributed by atoms with E-state index in [0.29, 0.717) is 37.0 Å². The van der Waals surface area contributed by atoms with E-state index in [2.05, 4.69) is 5.32 Å². The zero-order chi connectivity index (χ0) is 15.1. The number of benzene rings is 1. The van der Waals surface area contributed by atoms with Crippen molar-refractivity contribution in [1.29, 1.82) is 0 Å². The molecule has 0 saturated heterocycles. The normalized spacial score (nSPS) is 20.3. The van der Waals surface area contributed by atoms with E-state index in [1.54, 1.807) is 7.11 Å². The molecule has 6 heteroatoms. The SMILES string of the molecule is COCCOc1ccccc1NC(=O)C[C@@H]1CCC[C@H]1N.Cl. The molecule has 22 heavy (non-hydrogen) atoms. The zero-order valence-corrected chi connectivity index (χ0v) is 13.7. The molecule has 1 amide bonds. The summed E-state index contributed by atoms with van der Waals surface area (Å²) in [6.07, 6.45) is 3.67. The second kappa shape index (κ2) is 9.66. The lowest BCUT2D eigenvalue weighted by Gasteiger charge is -2.16. The summed E-state index contributed by atoms with van der Waals surface area (Å²) in [6, 6.07) is 7.59. The van der Waals surface area contributed by atoms with Gasteiger partial charge in [0.2, 0.25) is 5.91 Å². The first-order valence-electron chi connectivity index (χ1n) is 7.47. The maximum absolute atomic E-state index is 12.1. The number of amides is 1. The Labute approximate surface area is 138 Å². The molecule has 0 aromatic heterocycles. The fraction of sp³-hybridized carbons (Fsp3) is 0.562. The Balaban J connectivity index is 0.00000242. The van der Waals surface area contributed by atoms with Gasteiger partial charge in [0.25, 0.3) is 0 Å². The van der Waals surface area contributed by atoms with Gasteiger partial charge in [-0.05, 0) is 30.9 Å². The molecule has 5 nitrogen and oxygen atoms in total. The first kappa shape index (κ1) is 18.7. The van der Waals surface area contributed by atoms with Crippen LogP contribution in [0.5, 0.6) is 5.75 Å². The zero-order valence-electron chi connectivity index (χ0n) is 12.9. The molecule has 1 aliphatic carbocycles. The number of carbonyl (C=O) groups excluding carboxylic acids is 1. The van der Waals surface area contributed by atoms with Crippen molar-refractivity contribution in [3.8, 4) is 5.75 Å². The number of carbonyl (C=O) groups is 1. The van der Waals surface area contributed by atoms with Crippen molar-refractivity contribution < 1.29 is 14.3 Å². The van der Waals surface area contributed by atoms with Gasteiger partial charge in [-0.15, -0.1) is 12.4 Å². The number of halogens is 1. The van der Waals surface area contributed by atoms with Crippen LogP contribution in [0.2, 0.25) is 0 Å². The van der Waals surface area contributed by atoms with E-state index >= 15 is 0 Å². The van der Waals surface area contributed by atoms with Gasteiger partial charge in [-0.2, -0.15) is 0 Å². The number of nitrogens with two attached hydrogens (primary N) is 1. The van der Waals surface area contributed by atoms with Gasteiger partial charge in [0.15, 0.2) is 0 Å². The van der Waals surface area contributed by atoms with Crippen LogP contribution in [0.1, 0.15) is 25.7 Å². The maximum Gasteiger partial charge on any atom is 0.224 e. The summed E-state index contributed by atoms with van der Waals surface area (Å²) in [5.74, 6) is 0.963. The Morgan fingerprint density at radius 2 is 2.09 bits per heavy atom. The van der Waals surface area contributed by atoms with Crippen LogP contribution in [-0.4, -0.2) is 32.3 Å². The van der Waals surface area contributed by atoms with Crippen LogP contribution < -0.4 is 15.8 Å². The van der Waals surface area contributed by atoms with Crippen molar-refractivity contribution in [3.63, 3.8) is 0 Å². The van der Waals surface area contributed by atoms with Gasteiger partial charge < -0.3 is 20.5 Å². The van der Waals surface area contributed by atoms with Crippen LogP contribution in [0.25, 0.3) is 0 Å². The predicted octanol–water partition coefficient (Wildman–Crippen LogP) is 2.59. The highest BCUT2D eigenvalue weighted by Gasteiger charge is 2.26. The first-order chi connectivity index (χ1) is 10.2. The quantitative estimate of drug-likeness (QED) is 0.754. The van der Waals surface area contributed by atoms with Gasteiger partial charge in [-0.25, -0.2) is 0 Å². The van der Waals surface area contributed by atoms with Gasteiger partial charge in [0.1, 0.15) is 12.4 Å². The summed E-state index contributed by atoms with van der Waals surface area (Å²) in [5.41, 5.74) is 6.71. The summed E-state index contributed by atoms with van der Waals surface area (Å²) >= 11 is 0.